The van der Waals surface area contributed by atoms with E-state index in [0.29, 0.717) is 5.92 Å². The highest BCUT2D eigenvalue weighted by Crippen LogP contribution is 2.36. The van der Waals surface area contributed by atoms with E-state index in [9.17, 15) is 10.1 Å². The maximum atomic E-state index is 10.8. The summed E-state index contributed by atoms with van der Waals surface area (Å²) in [5, 5.41) is 10.8. The van der Waals surface area contributed by atoms with Gasteiger partial charge in [-0.2, -0.15) is 0 Å². The second-order valence-corrected chi connectivity index (χ2v) is 4.58. The molecule has 0 amide bonds. The largest absolute Gasteiger partial charge is 0.497 e. The molecule has 1 aromatic carbocycles. The molecule has 96 valence electrons. The van der Waals surface area contributed by atoms with Crippen molar-refractivity contribution in [3.8, 4) is 5.75 Å². The third-order valence-corrected chi connectivity index (χ3v) is 3.46. The van der Waals surface area contributed by atoms with Crippen LogP contribution in [0.1, 0.15) is 31.2 Å². The predicted molar refractivity (Wildman–Crippen MR) is 69.9 cm³/mol. The second kappa shape index (κ2) is 5.67. The Morgan fingerprint density at radius 1 is 1.33 bits per heavy atom. The molecule has 0 bridgehead atoms. The first-order chi connectivity index (χ1) is 8.70. The Morgan fingerprint density at radius 3 is 2.44 bits per heavy atom. The summed E-state index contributed by atoms with van der Waals surface area (Å²) < 4.78 is 5.10. The van der Waals surface area contributed by atoms with Crippen LogP contribution in [-0.4, -0.2) is 12.0 Å². The maximum absolute atomic E-state index is 10.8. The number of allylic oxidation sites excluding steroid dienone is 1. The van der Waals surface area contributed by atoms with Crippen LogP contribution in [0.25, 0.3) is 5.57 Å². The van der Waals surface area contributed by atoms with Gasteiger partial charge in [0.2, 0.25) is 6.20 Å². The number of hydrogen-bond donors (Lipinski definition) is 0. The van der Waals surface area contributed by atoms with Crippen LogP contribution in [0.2, 0.25) is 0 Å². The van der Waals surface area contributed by atoms with Crippen LogP contribution in [0.3, 0.4) is 0 Å². The molecule has 0 N–H and O–H groups in total. The first-order valence-corrected chi connectivity index (χ1v) is 6.20. The van der Waals surface area contributed by atoms with Gasteiger partial charge in [0.15, 0.2) is 0 Å². The molecule has 0 spiro atoms. The fourth-order valence-corrected chi connectivity index (χ4v) is 2.55. The van der Waals surface area contributed by atoms with Gasteiger partial charge < -0.3 is 4.74 Å². The Morgan fingerprint density at radius 2 is 1.94 bits per heavy atom. The third kappa shape index (κ3) is 2.88. The van der Waals surface area contributed by atoms with Gasteiger partial charge in [0.05, 0.1) is 12.0 Å². The van der Waals surface area contributed by atoms with Crippen molar-refractivity contribution in [2.75, 3.05) is 7.11 Å². The van der Waals surface area contributed by atoms with Crippen LogP contribution < -0.4 is 4.74 Å². The highest BCUT2D eigenvalue weighted by molar-refractivity contribution is 5.67. The minimum atomic E-state index is -0.349. The molecule has 2 rings (SSSR count). The summed E-state index contributed by atoms with van der Waals surface area (Å²) in [5.74, 6) is 1.09. The monoisotopic (exact) mass is 247 g/mol. The normalized spacial score (nSPS) is 16.8. The molecule has 0 aromatic heterocycles. The van der Waals surface area contributed by atoms with Gasteiger partial charge in [-0.3, -0.25) is 10.1 Å². The summed E-state index contributed by atoms with van der Waals surface area (Å²) in [7, 11) is 1.61. The molecule has 0 atom stereocenters. The van der Waals surface area contributed by atoms with Crippen LogP contribution in [-0.2, 0) is 0 Å². The molecule has 0 heterocycles. The van der Waals surface area contributed by atoms with Crippen molar-refractivity contribution in [2.24, 2.45) is 5.92 Å². The van der Waals surface area contributed by atoms with Crippen molar-refractivity contribution in [3.63, 3.8) is 0 Å². The Hall–Kier alpha value is -1.84. The average molecular weight is 247 g/mol. The van der Waals surface area contributed by atoms with E-state index in [2.05, 4.69) is 0 Å². The number of methoxy groups -OCH3 is 1. The molecular weight excluding hydrogens is 230 g/mol. The minimum absolute atomic E-state index is 0.323. The van der Waals surface area contributed by atoms with Gasteiger partial charge in [0.1, 0.15) is 5.75 Å². The molecular formula is C14H17NO3. The Bertz CT molecular complexity index is 445. The Labute approximate surface area is 106 Å². The number of nitrogens with zero attached hydrogens (tertiary/aromatic N) is 1. The second-order valence-electron chi connectivity index (χ2n) is 4.58. The summed E-state index contributed by atoms with van der Waals surface area (Å²) in [5.41, 5.74) is 1.78. The van der Waals surface area contributed by atoms with Gasteiger partial charge in [-0.05, 0) is 36.5 Å². The lowest BCUT2D eigenvalue weighted by molar-refractivity contribution is -0.401. The van der Waals surface area contributed by atoms with E-state index < -0.39 is 0 Å². The summed E-state index contributed by atoms with van der Waals surface area (Å²) in [6, 6.07) is 7.48. The van der Waals surface area contributed by atoms with E-state index in [0.717, 1.165) is 48.8 Å². The molecule has 4 nitrogen and oxygen atoms in total. The zero-order valence-electron chi connectivity index (χ0n) is 10.5. The van der Waals surface area contributed by atoms with Crippen molar-refractivity contribution in [2.45, 2.75) is 25.7 Å². The molecule has 0 unspecified atom stereocenters. The summed E-state index contributed by atoms with van der Waals surface area (Å²) >= 11 is 0. The minimum Gasteiger partial charge on any atom is -0.497 e. The van der Waals surface area contributed by atoms with Crippen LogP contribution in [0, 0.1) is 16.0 Å². The van der Waals surface area contributed by atoms with E-state index in [1.807, 2.05) is 24.3 Å². The third-order valence-electron chi connectivity index (χ3n) is 3.46. The van der Waals surface area contributed by atoms with Gasteiger partial charge in [-0.1, -0.05) is 25.0 Å². The number of rotatable bonds is 4. The van der Waals surface area contributed by atoms with Crippen LogP contribution in [0.4, 0.5) is 0 Å². The van der Waals surface area contributed by atoms with Crippen LogP contribution in [0.15, 0.2) is 30.5 Å². The van der Waals surface area contributed by atoms with Crippen LogP contribution in [0.5, 0.6) is 5.75 Å². The average Bonchev–Trinajstić information content (AvgIpc) is 2.89. The molecule has 18 heavy (non-hydrogen) atoms. The lowest BCUT2D eigenvalue weighted by Gasteiger charge is -2.12. The zero-order valence-corrected chi connectivity index (χ0v) is 10.5. The molecule has 0 aliphatic heterocycles. The lowest BCUT2D eigenvalue weighted by Crippen LogP contribution is -2.01. The molecule has 1 aliphatic rings. The molecule has 4 heteroatoms. The Balaban J connectivity index is 2.29. The van der Waals surface area contributed by atoms with E-state index >= 15 is 0 Å². The molecule has 0 radical (unpaired) electrons. The van der Waals surface area contributed by atoms with Crippen molar-refractivity contribution < 1.29 is 9.66 Å². The van der Waals surface area contributed by atoms with Crippen molar-refractivity contribution in [1.29, 1.82) is 0 Å². The molecule has 1 saturated carbocycles. The number of benzene rings is 1. The van der Waals surface area contributed by atoms with Crippen molar-refractivity contribution in [3.05, 3.63) is 46.1 Å². The fraction of sp³-hybridized carbons (Fsp3) is 0.429. The maximum Gasteiger partial charge on any atom is 0.238 e. The first-order valence-electron chi connectivity index (χ1n) is 6.20. The highest BCUT2D eigenvalue weighted by Gasteiger charge is 2.23. The molecule has 1 aliphatic carbocycles. The summed E-state index contributed by atoms with van der Waals surface area (Å²) in [6.45, 7) is 0. The molecule has 1 fully saturated rings. The Kier molecular flexibility index (Phi) is 3.97. The van der Waals surface area contributed by atoms with Crippen molar-refractivity contribution in [1.82, 2.24) is 0 Å². The van der Waals surface area contributed by atoms with Gasteiger partial charge >= 0.3 is 0 Å². The van der Waals surface area contributed by atoms with Gasteiger partial charge in [-0.25, -0.2) is 0 Å². The zero-order chi connectivity index (χ0) is 13.0. The summed E-state index contributed by atoms with van der Waals surface area (Å²) in [4.78, 5) is 10.4. The lowest BCUT2D eigenvalue weighted by atomic mass is 9.92. The van der Waals surface area contributed by atoms with E-state index in [-0.39, 0.29) is 4.92 Å². The van der Waals surface area contributed by atoms with Gasteiger partial charge in [0, 0.05) is 5.57 Å². The van der Waals surface area contributed by atoms with E-state index in [4.69, 9.17) is 4.74 Å². The molecule has 1 aromatic rings. The number of hydrogen-bond acceptors (Lipinski definition) is 3. The molecule has 0 saturated heterocycles. The SMILES string of the molecule is COc1ccc(/C(=C/[N+](=O)[O-])C2CCCC2)cc1. The summed E-state index contributed by atoms with van der Waals surface area (Å²) in [6.07, 6.45) is 5.58. The van der Waals surface area contributed by atoms with Gasteiger partial charge in [-0.15, -0.1) is 0 Å². The van der Waals surface area contributed by atoms with Gasteiger partial charge in [0.25, 0.3) is 0 Å². The van der Waals surface area contributed by atoms with E-state index in [1.54, 1.807) is 7.11 Å². The predicted octanol–water partition coefficient (Wildman–Crippen LogP) is 3.50. The smallest absolute Gasteiger partial charge is 0.238 e. The standard InChI is InChI=1S/C14H17NO3/c1-18-13-8-6-12(7-9-13)14(10-15(16)17)11-4-2-3-5-11/h6-11H,2-5H2,1H3/b14-10+. The van der Waals surface area contributed by atoms with Crippen molar-refractivity contribution >= 4 is 5.57 Å². The quantitative estimate of drug-likeness (QED) is 0.604. The number of nitro groups is 1. The fourth-order valence-electron chi connectivity index (χ4n) is 2.55. The van der Waals surface area contributed by atoms with E-state index in [1.165, 1.54) is 0 Å². The highest BCUT2D eigenvalue weighted by atomic mass is 16.6. The topological polar surface area (TPSA) is 52.4 Å². The van der Waals surface area contributed by atoms with Crippen LogP contribution >= 0.6 is 0 Å². The first kappa shape index (κ1) is 12.6. The number of ether oxygens (including phenoxy) is 1.